The van der Waals surface area contributed by atoms with Crippen molar-refractivity contribution < 1.29 is 9.59 Å². The summed E-state index contributed by atoms with van der Waals surface area (Å²) < 4.78 is 0. The van der Waals surface area contributed by atoms with Gasteiger partial charge in [-0.1, -0.05) is 41.9 Å². The molecule has 0 heterocycles. The number of halogens is 1. The van der Waals surface area contributed by atoms with Crippen molar-refractivity contribution in [2.45, 2.75) is 17.1 Å². The molecule has 0 saturated carbocycles. The van der Waals surface area contributed by atoms with Crippen molar-refractivity contribution >= 4 is 35.2 Å². The predicted octanol–water partition coefficient (Wildman–Crippen LogP) is 3.28. The molecule has 2 amide bonds. The van der Waals surface area contributed by atoms with E-state index in [1.165, 1.54) is 11.8 Å². The number of hydrogen-bond donors (Lipinski definition) is 2. The summed E-state index contributed by atoms with van der Waals surface area (Å²) in [5.74, 6) is -0.731. The molecular formula is C16H15ClN2O2S. The van der Waals surface area contributed by atoms with E-state index in [1.807, 2.05) is 30.3 Å². The Morgan fingerprint density at radius 1 is 1.00 bits per heavy atom. The summed E-state index contributed by atoms with van der Waals surface area (Å²) in [5.41, 5.74) is 5.09. The quantitative estimate of drug-likeness (QED) is 0.666. The van der Waals surface area contributed by atoms with Crippen molar-refractivity contribution in [2.75, 3.05) is 0 Å². The Morgan fingerprint density at radius 2 is 1.64 bits per heavy atom. The summed E-state index contributed by atoms with van der Waals surface area (Å²) in [7, 11) is 0. The molecule has 1 unspecified atom stereocenters. The maximum Gasteiger partial charge on any atom is 0.271 e. The van der Waals surface area contributed by atoms with Gasteiger partial charge in [-0.2, -0.15) is 0 Å². The molecule has 0 aromatic heterocycles. The van der Waals surface area contributed by atoms with Crippen LogP contribution in [0.3, 0.4) is 0 Å². The molecule has 6 heteroatoms. The van der Waals surface area contributed by atoms with Crippen LogP contribution in [0.15, 0.2) is 59.5 Å². The fourth-order valence-electron chi connectivity index (χ4n) is 1.69. The molecule has 0 saturated heterocycles. The molecule has 2 aromatic rings. The van der Waals surface area contributed by atoms with Gasteiger partial charge in [-0.3, -0.25) is 20.4 Å². The highest BCUT2D eigenvalue weighted by Crippen LogP contribution is 2.22. The second-order valence-electron chi connectivity index (χ2n) is 4.50. The number of carbonyl (C=O) groups is 2. The molecule has 0 radical (unpaired) electrons. The van der Waals surface area contributed by atoms with Crippen LogP contribution in [0.1, 0.15) is 17.3 Å². The van der Waals surface area contributed by atoms with Gasteiger partial charge < -0.3 is 0 Å². The Hall–Kier alpha value is -1.98. The minimum Gasteiger partial charge on any atom is -0.272 e. The number of benzene rings is 2. The monoisotopic (exact) mass is 334 g/mol. The maximum atomic E-state index is 12.0. The van der Waals surface area contributed by atoms with Gasteiger partial charge in [0.25, 0.3) is 11.8 Å². The summed E-state index contributed by atoms with van der Waals surface area (Å²) in [6, 6.07) is 16.2. The van der Waals surface area contributed by atoms with Crippen molar-refractivity contribution in [3.63, 3.8) is 0 Å². The van der Waals surface area contributed by atoms with E-state index in [0.717, 1.165) is 4.90 Å². The lowest BCUT2D eigenvalue weighted by atomic mass is 10.2. The largest absolute Gasteiger partial charge is 0.272 e. The molecule has 2 N–H and O–H groups in total. The highest BCUT2D eigenvalue weighted by Gasteiger charge is 2.16. The first-order valence-electron chi connectivity index (χ1n) is 6.64. The number of amides is 2. The van der Waals surface area contributed by atoms with E-state index >= 15 is 0 Å². The number of hydrazine groups is 1. The highest BCUT2D eigenvalue weighted by atomic mass is 35.5. The Bertz CT molecular complexity index is 664. The molecule has 0 aliphatic carbocycles. The Morgan fingerprint density at radius 3 is 2.32 bits per heavy atom. The van der Waals surface area contributed by atoms with Crippen LogP contribution in [-0.4, -0.2) is 17.1 Å². The van der Waals surface area contributed by atoms with Gasteiger partial charge in [0.1, 0.15) is 0 Å². The summed E-state index contributed by atoms with van der Waals surface area (Å²) in [5, 5.41) is -0.00472. The zero-order valence-electron chi connectivity index (χ0n) is 11.9. The fourth-order valence-corrected chi connectivity index (χ4v) is 2.80. The molecule has 0 bridgehead atoms. The molecular weight excluding hydrogens is 320 g/mol. The summed E-state index contributed by atoms with van der Waals surface area (Å²) in [6.45, 7) is 1.77. The van der Waals surface area contributed by atoms with E-state index in [1.54, 1.807) is 31.2 Å². The number of nitrogens with one attached hydrogen (secondary N) is 2. The Labute approximate surface area is 138 Å². The lowest BCUT2D eigenvalue weighted by Crippen LogP contribution is -2.45. The third-order valence-corrected chi connectivity index (χ3v) is 4.28. The van der Waals surface area contributed by atoms with Crippen LogP contribution < -0.4 is 10.9 Å². The van der Waals surface area contributed by atoms with Crippen LogP contribution >= 0.6 is 23.4 Å². The summed E-state index contributed by atoms with van der Waals surface area (Å²) in [6.07, 6.45) is 0. The molecule has 22 heavy (non-hydrogen) atoms. The fraction of sp³-hybridized carbons (Fsp3) is 0.125. The normalized spacial score (nSPS) is 11.5. The van der Waals surface area contributed by atoms with E-state index in [2.05, 4.69) is 10.9 Å². The van der Waals surface area contributed by atoms with Crippen LogP contribution in [-0.2, 0) is 4.79 Å². The van der Waals surface area contributed by atoms with Crippen LogP contribution in [0, 0.1) is 0 Å². The molecule has 0 aliphatic rings. The number of carbonyl (C=O) groups excluding carboxylic acids is 2. The van der Waals surface area contributed by atoms with E-state index in [0.29, 0.717) is 10.6 Å². The second kappa shape index (κ2) is 7.87. The van der Waals surface area contributed by atoms with Gasteiger partial charge in [0.15, 0.2) is 0 Å². The molecule has 1 atom stereocenters. The van der Waals surface area contributed by atoms with Gasteiger partial charge in [-0.25, -0.2) is 0 Å². The zero-order chi connectivity index (χ0) is 15.9. The second-order valence-corrected chi connectivity index (χ2v) is 6.32. The first-order valence-corrected chi connectivity index (χ1v) is 7.90. The lowest BCUT2D eigenvalue weighted by molar-refractivity contribution is -0.121. The first kappa shape index (κ1) is 16.4. The molecule has 2 aromatic carbocycles. The van der Waals surface area contributed by atoms with Crippen molar-refractivity contribution in [3.05, 3.63) is 65.2 Å². The van der Waals surface area contributed by atoms with E-state index < -0.39 is 5.91 Å². The summed E-state index contributed by atoms with van der Waals surface area (Å²) in [4.78, 5) is 24.9. The van der Waals surface area contributed by atoms with Crippen molar-refractivity contribution in [1.82, 2.24) is 10.9 Å². The van der Waals surface area contributed by atoms with Gasteiger partial charge in [-0.05, 0) is 31.2 Å². The smallest absolute Gasteiger partial charge is 0.271 e. The number of thioether (sulfide) groups is 1. The van der Waals surface area contributed by atoms with Gasteiger partial charge >= 0.3 is 0 Å². The topological polar surface area (TPSA) is 58.2 Å². The molecule has 0 spiro atoms. The molecule has 4 nitrogen and oxygen atoms in total. The van der Waals surface area contributed by atoms with E-state index in [-0.39, 0.29) is 11.2 Å². The van der Waals surface area contributed by atoms with E-state index in [4.69, 9.17) is 11.6 Å². The molecule has 0 aliphatic heterocycles. The molecule has 0 fully saturated rings. The van der Waals surface area contributed by atoms with Gasteiger partial charge in [-0.15, -0.1) is 11.8 Å². The minimum atomic E-state index is -0.448. The number of rotatable bonds is 4. The third kappa shape index (κ3) is 4.51. The predicted molar refractivity (Wildman–Crippen MR) is 88.8 cm³/mol. The van der Waals surface area contributed by atoms with Gasteiger partial charge in [0.2, 0.25) is 0 Å². The van der Waals surface area contributed by atoms with Crippen molar-refractivity contribution in [1.29, 1.82) is 0 Å². The van der Waals surface area contributed by atoms with Crippen LogP contribution in [0.25, 0.3) is 0 Å². The standard InChI is InChI=1S/C16H15ClN2O2S/c1-11(22-12-7-3-2-4-8-12)15(20)18-19-16(21)13-9-5-6-10-14(13)17/h2-11H,1H3,(H,18,20)(H,19,21). The SMILES string of the molecule is CC(Sc1ccccc1)C(=O)NNC(=O)c1ccccc1Cl. The molecule has 2 rings (SSSR count). The Kier molecular flexibility index (Phi) is 5.86. The first-order chi connectivity index (χ1) is 10.6. The maximum absolute atomic E-state index is 12.0. The van der Waals surface area contributed by atoms with Crippen LogP contribution in [0.5, 0.6) is 0 Å². The average Bonchev–Trinajstić information content (AvgIpc) is 2.53. The summed E-state index contributed by atoms with van der Waals surface area (Å²) >= 11 is 7.34. The van der Waals surface area contributed by atoms with E-state index in [9.17, 15) is 9.59 Å². The third-order valence-electron chi connectivity index (χ3n) is 2.84. The Balaban J connectivity index is 1.87. The van der Waals surface area contributed by atoms with Crippen LogP contribution in [0.2, 0.25) is 5.02 Å². The van der Waals surface area contributed by atoms with Gasteiger partial charge in [0, 0.05) is 4.90 Å². The number of hydrogen-bond acceptors (Lipinski definition) is 3. The van der Waals surface area contributed by atoms with Gasteiger partial charge in [0.05, 0.1) is 15.8 Å². The highest BCUT2D eigenvalue weighted by molar-refractivity contribution is 8.00. The van der Waals surface area contributed by atoms with Crippen molar-refractivity contribution in [2.24, 2.45) is 0 Å². The lowest BCUT2D eigenvalue weighted by Gasteiger charge is -2.13. The van der Waals surface area contributed by atoms with Crippen molar-refractivity contribution in [3.8, 4) is 0 Å². The molecule has 114 valence electrons. The minimum absolute atomic E-state index is 0.283. The van der Waals surface area contributed by atoms with Crippen LogP contribution in [0.4, 0.5) is 0 Å². The zero-order valence-corrected chi connectivity index (χ0v) is 13.4. The average molecular weight is 335 g/mol.